The van der Waals surface area contributed by atoms with E-state index < -0.39 is 11.7 Å². The van der Waals surface area contributed by atoms with Crippen LogP contribution in [0.15, 0.2) is 18.2 Å². The van der Waals surface area contributed by atoms with Crippen LogP contribution in [0, 0.1) is 0 Å². The van der Waals surface area contributed by atoms with E-state index in [1.807, 2.05) is 23.9 Å². The van der Waals surface area contributed by atoms with Crippen molar-refractivity contribution in [2.75, 3.05) is 35.7 Å². The lowest BCUT2D eigenvalue weighted by molar-refractivity contribution is -0.114. The first-order chi connectivity index (χ1) is 9.61. The molecule has 5 heteroatoms. The van der Waals surface area contributed by atoms with Gasteiger partial charge in [0.1, 0.15) is 0 Å². The fourth-order valence-electron chi connectivity index (χ4n) is 2.76. The highest BCUT2D eigenvalue weighted by molar-refractivity contribution is 8.00. The first kappa shape index (κ1) is 13.5. The second-order valence-corrected chi connectivity index (χ2v) is 6.65. The number of fused-ring (bicyclic) bond motifs is 1. The second kappa shape index (κ2) is 5.13. The van der Waals surface area contributed by atoms with Gasteiger partial charge in [0, 0.05) is 36.8 Å². The zero-order valence-electron chi connectivity index (χ0n) is 11.8. The van der Waals surface area contributed by atoms with Gasteiger partial charge in [-0.15, -0.1) is 0 Å². The predicted octanol–water partition coefficient (Wildman–Crippen LogP) is 2.18. The topological polar surface area (TPSA) is 40.6 Å². The van der Waals surface area contributed by atoms with Crippen LogP contribution < -0.4 is 9.80 Å². The van der Waals surface area contributed by atoms with Gasteiger partial charge in [-0.05, 0) is 24.6 Å². The molecule has 4 nitrogen and oxygen atoms in total. The fourth-order valence-corrected chi connectivity index (χ4v) is 3.94. The van der Waals surface area contributed by atoms with Crippen molar-refractivity contribution in [1.29, 1.82) is 0 Å². The minimum Gasteiger partial charge on any atom is -0.370 e. The van der Waals surface area contributed by atoms with Crippen molar-refractivity contribution in [1.82, 2.24) is 0 Å². The Morgan fingerprint density at radius 1 is 1.35 bits per heavy atom. The average molecular weight is 290 g/mol. The summed E-state index contributed by atoms with van der Waals surface area (Å²) in [5.41, 5.74) is 2.38. The zero-order chi connectivity index (χ0) is 14.3. The number of carbonyl (C=O) groups excluding carboxylic acids is 2. The van der Waals surface area contributed by atoms with E-state index in [2.05, 4.69) is 11.8 Å². The molecule has 1 atom stereocenters. The molecular formula is C15H18N2O2S. The number of carbonyl (C=O) groups is 2. The van der Waals surface area contributed by atoms with Crippen LogP contribution in [0.5, 0.6) is 0 Å². The largest absolute Gasteiger partial charge is 0.370 e. The molecule has 0 radical (unpaired) electrons. The molecule has 1 aromatic carbocycles. The molecular weight excluding hydrogens is 272 g/mol. The lowest BCUT2D eigenvalue weighted by atomic mass is 10.1. The van der Waals surface area contributed by atoms with Gasteiger partial charge in [-0.3, -0.25) is 9.59 Å². The molecule has 0 saturated carbocycles. The van der Waals surface area contributed by atoms with Crippen molar-refractivity contribution >= 4 is 34.8 Å². The van der Waals surface area contributed by atoms with E-state index in [9.17, 15) is 9.59 Å². The smallest absolute Gasteiger partial charge is 0.299 e. The summed E-state index contributed by atoms with van der Waals surface area (Å²) in [5, 5.41) is 0.665. The van der Waals surface area contributed by atoms with Crippen LogP contribution in [0.3, 0.4) is 0 Å². The minimum absolute atomic E-state index is 0.394. The summed E-state index contributed by atoms with van der Waals surface area (Å²) in [5.74, 6) is 0.302. The Labute approximate surface area is 123 Å². The Morgan fingerprint density at radius 3 is 2.90 bits per heavy atom. The summed E-state index contributed by atoms with van der Waals surface area (Å²) in [4.78, 5) is 27.3. The van der Waals surface area contributed by atoms with Gasteiger partial charge in [-0.25, -0.2) is 0 Å². The van der Waals surface area contributed by atoms with Crippen molar-refractivity contribution in [3.8, 4) is 0 Å². The monoisotopic (exact) mass is 290 g/mol. The summed E-state index contributed by atoms with van der Waals surface area (Å²) in [6.07, 6.45) is 1.17. The molecule has 1 aromatic rings. The zero-order valence-corrected chi connectivity index (χ0v) is 12.6. The minimum atomic E-state index is -0.433. The van der Waals surface area contributed by atoms with Gasteiger partial charge in [-0.2, -0.15) is 11.8 Å². The Bertz CT molecular complexity index is 573. The van der Waals surface area contributed by atoms with Crippen molar-refractivity contribution in [2.45, 2.75) is 18.6 Å². The Balaban J connectivity index is 1.90. The Morgan fingerprint density at radius 2 is 2.15 bits per heavy atom. The van der Waals surface area contributed by atoms with Gasteiger partial charge in [-0.1, -0.05) is 6.92 Å². The third-order valence-corrected chi connectivity index (χ3v) is 5.42. The van der Waals surface area contributed by atoms with Crippen LogP contribution in [0.4, 0.5) is 11.4 Å². The number of thioether (sulfide) groups is 1. The van der Waals surface area contributed by atoms with Crippen LogP contribution in [0.2, 0.25) is 0 Å². The van der Waals surface area contributed by atoms with E-state index >= 15 is 0 Å². The fraction of sp³-hybridized carbons (Fsp3) is 0.467. The van der Waals surface area contributed by atoms with Crippen LogP contribution in [0.25, 0.3) is 0 Å². The van der Waals surface area contributed by atoms with E-state index in [0.717, 1.165) is 30.2 Å². The first-order valence-electron chi connectivity index (χ1n) is 6.94. The molecule has 0 bridgehead atoms. The van der Waals surface area contributed by atoms with Gasteiger partial charge in [0.05, 0.1) is 11.3 Å². The summed E-state index contributed by atoms with van der Waals surface area (Å²) in [6.45, 7) is 4.27. The molecule has 2 aliphatic heterocycles. The van der Waals surface area contributed by atoms with E-state index in [1.54, 1.807) is 13.1 Å². The van der Waals surface area contributed by atoms with Gasteiger partial charge < -0.3 is 9.80 Å². The number of benzene rings is 1. The maximum absolute atomic E-state index is 11.8. The third kappa shape index (κ3) is 2.10. The number of nitrogens with zero attached hydrogens (tertiary/aromatic N) is 2. The van der Waals surface area contributed by atoms with Crippen molar-refractivity contribution in [3.05, 3.63) is 23.8 Å². The highest BCUT2D eigenvalue weighted by Gasteiger charge is 2.33. The molecule has 20 heavy (non-hydrogen) atoms. The van der Waals surface area contributed by atoms with Gasteiger partial charge in [0.2, 0.25) is 0 Å². The molecule has 1 unspecified atom stereocenters. The Hall–Kier alpha value is -1.49. The molecule has 1 saturated heterocycles. The number of amides is 1. The van der Waals surface area contributed by atoms with Gasteiger partial charge in [0.15, 0.2) is 0 Å². The highest BCUT2D eigenvalue weighted by Crippen LogP contribution is 2.33. The van der Waals surface area contributed by atoms with Crippen LogP contribution in [0.1, 0.15) is 23.7 Å². The van der Waals surface area contributed by atoms with E-state index in [1.165, 1.54) is 11.3 Å². The maximum Gasteiger partial charge on any atom is 0.299 e. The summed E-state index contributed by atoms with van der Waals surface area (Å²) in [6, 6.07) is 5.73. The predicted molar refractivity (Wildman–Crippen MR) is 82.9 cm³/mol. The SMILES string of the molecule is CCC1CN(c2ccc3c(c2)N(C)C(=O)C3=O)CCS1. The molecule has 0 N–H and O–H groups in total. The lowest BCUT2D eigenvalue weighted by Gasteiger charge is -2.34. The Kier molecular flexibility index (Phi) is 3.46. The van der Waals surface area contributed by atoms with E-state index in [0.29, 0.717) is 10.8 Å². The van der Waals surface area contributed by atoms with Crippen LogP contribution in [-0.4, -0.2) is 42.8 Å². The van der Waals surface area contributed by atoms with Crippen molar-refractivity contribution in [3.63, 3.8) is 0 Å². The molecule has 106 valence electrons. The number of ketones is 1. The third-order valence-electron chi connectivity index (χ3n) is 4.05. The molecule has 3 rings (SSSR count). The van der Waals surface area contributed by atoms with Crippen LogP contribution in [-0.2, 0) is 4.79 Å². The summed E-state index contributed by atoms with van der Waals surface area (Å²) < 4.78 is 0. The van der Waals surface area contributed by atoms with Crippen molar-refractivity contribution in [2.24, 2.45) is 0 Å². The number of anilines is 2. The average Bonchev–Trinajstić information content (AvgIpc) is 2.72. The number of likely N-dealkylation sites (N-methyl/N-ethyl adjacent to an activating group) is 1. The van der Waals surface area contributed by atoms with E-state index in [4.69, 9.17) is 0 Å². The number of hydrogen-bond donors (Lipinski definition) is 0. The number of rotatable bonds is 2. The quantitative estimate of drug-likeness (QED) is 0.783. The number of hydrogen-bond acceptors (Lipinski definition) is 4. The lowest BCUT2D eigenvalue weighted by Crippen LogP contribution is -2.37. The van der Waals surface area contributed by atoms with Gasteiger partial charge in [0.25, 0.3) is 11.7 Å². The van der Waals surface area contributed by atoms with Gasteiger partial charge >= 0.3 is 0 Å². The summed E-state index contributed by atoms with van der Waals surface area (Å²) >= 11 is 2.03. The highest BCUT2D eigenvalue weighted by atomic mass is 32.2. The normalized spacial score (nSPS) is 22.4. The van der Waals surface area contributed by atoms with Crippen molar-refractivity contribution < 1.29 is 9.59 Å². The first-order valence-corrected chi connectivity index (χ1v) is 7.99. The van der Waals surface area contributed by atoms with E-state index in [-0.39, 0.29) is 0 Å². The molecule has 0 spiro atoms. The molecule has 0 aromatic heterocycles. The maximum atomic E-state index is 11.8. The summed E-state index contributed by atoms with van der Waals surface area (Å²) in [7, 11) is 1.66. The molecule has 0 aliphatic carbocycles. The standard InChI is InChI=1S/C15H18N2O2S/c1-3-11-9-17(6-7-20-11)10-4-5-12-13(8-10)16(2)15(19)14(12)18/h4-5,8,11H,3,6-7,9H2,1-2H3. The molecule has 1 fully saturated rings. The second-order valence-electron chi connectivity index (χ2n) is 5.24. The van der Waals surface area contributed by atoms with Crippen LogP contribution >= 0.6 is 11.8 Å². The molecule has 2 heterocycles. The molecule has 1 amide bonds. The molecule has 2 aliphatic rings. The number of Topliss-reactive ketones (excluding diaryl/α,β-unsaturated/α-hetero) is 1.